The summed E-state index contributed by atoms with van der Waals surface area (Å²) < 4.78 is 0. The van der Waals surface area contributed by atoms with E-state index in [4.69, 9.17) is 0 Å². The normalized spacial score (nSPS) is 11.6. The molecule has 0 unspecified atom stereocenters. The fourth-order valence-electron chi connectivity index (χ4n) is 1.78. The number of rotatable bonds is 7. The molecule has 0 fully saturated rings. The molecular weight excluding hydrogens is 216 g/mol. The fourth-order valence-corrected chi connectivity index (χ4v) is 2.64. The van der Waals surface area contributed by atoms with Gasteiger partial charge >= 0.3 is 0 Å². The number of hydrogen-bond acceptors (Lipinski definition) is 3. The maximum absolute atomic E-state index is 3.49. The predicted molar refractivity (Wildman–Crippen MR) is 73.1 cm³/mol. The highest BCUT2D eigenvalue weighted by molar-refractivity contribution is 7.11. The minimum absolute atomic E-state index is 0.755. The third-order valence-electron chi connectivity index (χ3n) is 2.44. The molecule has 0 saturated carbocycles. The van der Waals surface area contributed by atoms with Gasteiger partial charge in [0.15, 0.2) is 0 Å². The first-order valence-corrected chi connectivity index (χ1v) is 6.84. The molecule has 16 heavy (non-hydrogen) atoms. The number of nitrogens with one attached hydrogen (secondary N) is 1. The second-order valence-corrected chi connectivity index (χ2v) is 6.22. The molecule has 0 radical (unpaired) electrons. The van der Waals surface area contributed by atoms with E-state index in [9.17, 15) is 0 Å². The van der Waals surface area contributed by atoms with E-state index >= 15 is 0 Å². The quantitative estimate of drug-likeness (QED) is 0.737. The Kier molecular flexibility index (Phi) is 6.03. The largest absolute Gasteiger partial charge is 0.311 e. The Morgan fingerprint density at radius 3 is 2.69 bits per heavy atom. The topological polar surface area (TPSA) is 15.3 Å². The van der Waals surface area contributed by atoms with Crippen LogP contribution in [0.15, 0.2) is 12.1 Å². The molecule has 0 spiro atoms. The van der Waals surface area contributed by atoms with E-state index in [1.54, 1.807) is 0 Å². The van der Waals surface area contributed by atoms with E-state index in [2.05, 4.69) is 50.2 Å². The molecule has 1 aromatic rings. The number of hydrogen-bond donors (Lipinski definition) is 1. The van der Waals surface area contributed by atoms with Crippen molar-refractivity contribution in [3.05, 3.63) is 21.9 Å². The van der Waals surface area contributed by atoms with Crippen LogP contribution in [0.5, 0.6) is 0 Å². The summed E-state index contributed by atoms with van der Waals surface area (Å²) in [5.41, 5.74) is 0. The molecule has 1 heterocycles. The van der Waals surface area contributed by atoms with Crippen molar-refractivity contribution in [2.75, 3.05) is 26.7 Å². The van der Waals surface area contributed by atoms with E-state index in [1.165, 1.54) is 16.3 Å². The lowest BCUT2D eigenvalue weighted by Gasteiger charge is -2.18. The SMILES string of the molecule is Cc1ccc(CNCCN(C)CC(C)C)s1. The molecule has 0 bridgehead atoms. The summed E-state index contributed by atoms with van der Waals surface area (Å²) in [6.45, 7) is 11.1. The molecule has 0 aliphatic rings. The summed E-state index contributed by atoms with van der Waals surface area (Å²) in [5.74, 6) is 0.755. The Morgan fingerprint density at radius 1 is 1.38 bits per heavy atom. The van der Waals surface area contributed by atoms with Crippen LogP contribution in [-0.2, 0) is 6.54 Å². The lowest BCUT2D eigenvalue weighted by molar-refractivity contribution is 0.294. The Balaban J connectivity index is 2.07. The molecule has 0 aliphatic carbocycles. The average Bonchev–Trinajstić information content (AvgIpc) is 2.58. The molecule has 0 amide bonds. The van der Waals surface area contributed by atoms with E-state index in [0.717, 1.165) is 25.6 Å². The first-order chi connectivity index (χ1) is 7.58. The molecule has 0 saturated heterocycles. The summed E-state index contributed by atoms with van der Waals surface area (Å²) in [5, 5.41) is 3.49. The molecule has 0 atom stereocenters. The van der Waals surface area contributed by atoms with Crippen molar-refractivity contribution in [1.82, 2.24) is 10.2 Å². The summed E-state index contributed by atoms with van der Waals surface area (Å²) in [6.07, 6.45) is 0. The van der Waals surface area contributed by atoms with Gasteiger partial charge in [-0.05, 0) is 32.0 Å². The van der Waals surface area contributed by atoms with Crippen LogP contribution in [0.4, 0.5) is 0 Å². The maximum Gasteiger partial charge on any atom is 0.0300 e. The van der Waals surface area contributed by atoms with Gasteiger partial charge in [-0.15, -0.1) is 11.3 Å². The van der Waals surface area contributed by atoms with Gasteiger partial charge in [0, 0.05) is 35.9 Å². The van der Waals surface area contributed by atoms with Crippen LogP contribution in [0.2, 0.25) is 0 Å². The van der Waals surface area contributed by atoms with E-state index in [1.807, 2.05) is 11.3 Å². The van der Waals surface area contributed by atoms with Crippen molar-refractivity contribution in [1.29, 1.82) is 0 Å². The summed E-state index contributed by atoms with van der Waals surface area (Å²) in [4.78, 5) is 5.22. The third kappa shape index (κ3) is 5.64. The van der Waals surface area contributed by atoms with Crippen LogP contribution in [0.25, 0.3) is 0 Å². The first kappa shape index (κ1) is 13.7. The van der Waals surface area contributed by atoms with Gasteiger partial charge in [0.05, 0.1) is 0 Å². The van der Waals surface area contributed by atoms with Crippen LogP contribution in [0.3, 0.4) is 0 Å². The zero-order chi connectivity index (χ0) is 12.0. The van der Waals surface area contributed by atoms with Crippen molar-refractivity contribution >= 4 is 11.3 Å². The first-order valence-electron chi connectivity index (χ1n) is 6.02. The Morgan fingerprint density at radius 2 is 2.12 bits per heavy atom. The smallest absolute Gasteiger partial charge is 0.0300 e. The Hall–Kier alpha value is -0.380. The predicted octanol–water partition coefficient (Wildman–Crippen LogP) is 2.73. The van der Waals surface area contributed by atoms with Crippen LogP contribution in [-0.4, -0.2) is 31.6 Å². The number of likely N-dealkylation sites (N-methyl/N-ethyl adjacent to an activating group) is 1. The van der Waals surface area contributed by atoms with Crippen LogP contribution < -0.4 is 5.32 Å². The van der Waals surface area contributed by atoms with E-state index < -0.39 is 0 Å². The number of aryl methyl sites for hydroxylation is 1. The van der Waals surface area contributed by atoms with Gasteiger partial charge in [-0.3, -0.25) is 0 Å². The van der Waals surface area contributed by atoms with Gasteiger partial charge in [0.2, 0.25) is 0 Å². The standard InChI is InChI=1S/C13H24N2S/c1-11(2)10-15(4)8-7-14-9-13-6-5-12(3)16-13/h5-6,11,14H,7-10H2,1-4H3. The number of nitrogens with zero attached hydrogens (tertiary/aromatic N) is 1. The van der Waals surface area contributed by atoms with Crippen LogP contribution >= 0.6 is 11.3 Å². The fraction of sp³-hybridized carbons (Fsp3) is 0.692. The molecule has 1 aromatic heterocycles. The van der Waals surface area contributed by atoms with Gasteiger partial charge in [0.25, 0.3) is 0 Å². The molecule has 0 aliphatic heterocycles. The zero-order valence-corrected chi connectivity index (χ0v) is 11.7. The minimum atomic E-state index is 0.755. The van der Waals surface area contributed by atoms with Crippen molar-refractivity contribution in [2.24, 2.45) is 5.92 Å². The average molecular weight is 240 g/mol. The lowest BCUT2D eigenvalue weighted by Crippen LogP contribution is -2.31. The monoisotopic (exact) mass is 240 g/mol. The molecule has 1 N–H and O–H groups in total. The summed E-state index contributed by atoms with van der Waals surface area (Å²) >= 11 is 1.88. The maximum atomic E-state index is 3.49. The van der Waals surface area contributed by atoms with Gasteiger partial charge in [0.1, 0.15) is 0 Å². The lowest BCUT2D eigenvalue weighted by atomic mass is 10.2. The van der Waals surface area contributed by atoms with Crippen LogP contribution in [0.1, 0.15) is 23.6 Å². The van der Waals surface area contributed by atoms with Crippen molar-refractivity contribution < 1.29 is 0 Å². The molecule has 3 heteroatoms. The number of thiophene rings is 1. The molecule has 2 nitrogen and oxygen atoms in total. The van der Waals surface area contributed by atoms with Crippen LogP contribution in [0, 0.1) is 12.8 Å². The Bertz CT molecular complexity index is 294. The zero-order valence-electron chi connectivity index (χ0n) is 10.9. The van der Waals surface area contributed by atoms with Crippen molar-refractivity contribution in [2.45, 2.75) is 27.3 Å². The summed E-state index contributed by atoms with van der Waals surface area (Å²) in [7, 11) is 2.19. The highest BCUT2D eigenvalue weighted by atomic mass is 32.1. The van der Waals surface area contributed by atoms with Gasteiger partial charge in [-0.1, -0.05) is 13.8 Å². The second-order valence-electron chi connectivity index (χ2n) is 4.85. The van der Waals surface area contributed by atoms with E-state index in [0.29, 0.717) is 0 Å². The minimum Gasteiger partial charge on any atom is -0.311 e. The molecular formula is C13H24N2S. The van der Waals surface area contributed by atoms with Gasteiger partial charge < -0.3 is 10.2 Å². The molecule has 1 rings (SSSR count). The Labute approximate surface area is 104 Å². The summed E-state index contributed by atoms with van der Waals surface area (Å²) in [6, 6.07) is 4.40. The highest BCUT2D eigenvalue weighted by Crippen LogP contribution is 2.14. The second kappa shape index (κ2) is 7.05. The van der Waals surface area contributed by atoms with E-state index in [-0.39, 0.29) is 0 Å². The van der Waals surface area contributed by atoms with Gasteiger partial charge in [-0.25, -0.2) is 0 Å². The van der Waals surface area contributed by atoms with Crippen molar-refractivity contribution in [3.8, 4) is 0 Å². The highest BCUT2D eigenvalue weighted by Gasteiger charge is 2.01. The van der Waals surface area contributed by atoms with Gasteiger partial charge in [-0.2, -0.15) is 0 Å². The molecule has 0 aromatic carbocycles. The van der Waals surface area contributed by atoms with Crippen molar-refractivity contribution in [3.63, 3.8) is 0 Å². The third-order valence-corrected chi connectivity index (χ3v) is 3.44. The molecule has 92 valence electrons.